The molecule has 21 heavy (non-hydrogen) atoms. The van der Waals surface area contributed by atoms with Crippen LogP contribution in [0.15, 0.2) is 12.4 Å². The molecule has 3 N–H and O–H groups in total. The molecule has 2 rings (SSSR count). The van der Waals surface area contributed by atoms with Crippen molar-refractivity contribution in [2.24, 2.45) is 13.0 Å². The van der Waals surface area contributed by atoms with E-state index >= 15 is 0 Å². The summed E-state index contributed by atoms with van der Waals surface area (Å²) in [4.78, 5) is 23.2. The predicted molar refractivity (Wildman–Crippen MR) is 76.6 cm³/mol. The first-order valence-electron chi connectivity index (χ1n) is 7.27. The van der Waals surface area contributed by atoms with Crippen LogP contribution in [0.25, 0.3) is 0 Å². The number of carbonyl (C=O) groups excluding carboxylic acids is 1. The van der Waals surface area contributed by atoms with Gasteiger partial charge in [-0.1, -0.05) is 0 Å². The quantitative estimate of drug-likeness (QED) is 0.707. The van der Waals surface area contributed by atoms with Gasteiger partial charge in [-0.2, -0.15) is 5.10 Å². The Bertz CT molecular complexity index is 494. The van der Waals surface area contributed by atoms with Crippen molar-refractivity contribution in [3.05, 3.63) is 18.0 Å². The molecule has 7 heteroatoms. The van der Waals surface area contributed by atoms with Crippen LogP contribution in [0.2, 0.25) is 0 Å². The van der Waals surface area contributed by atoms with Crippen LogP contribution in [-0.2, 0) is 16.6 Å². The smallest absolute Gasteiger partial charge is 0.331 e. The summed E-state index contributed by atoms with van der Waals surface area (Å²) in [5.74, 6) is -0.793. The number of nitrogens with zero attached hydrogens (tertiary/aromatic N) is 2. The van der Waals surface area contributed by atoms with Crippen LogP contribution in [-0.4, -0.2) is 39.9 Å². The van der Waals surface area contributed by atoms with E-state index in [1.807, 2.05) is 0 Å². The second kappa shape index (κ2) is 7.21. The molecule has 1 aromatic rings. The van der Waals surface area contributed by atoms with Crippen molar-refractivity contribution in [3.63, 3.8) is 0 Å². The van der Waals surface area contributed by atoms with Crippen molar-refractivity contribution in [1.82, 2.24) is 20.4 Å². The van der Waals surface area contributed by atoms with Gasteiger partial charge in [0.15, 0.2) is 6.04 Å². The van der Waals surface area contributed by atoms with Crippen LogP contribution >= 0.6 is 0 Å². The van der Waals surface area contributed by atoms with Gasteiger partial charge in [-0.25, -0.2) is 4.79 Å². The third-order valence-electron chi connectivity index (χ3n) is 3.79. The number of hydrogen-bond acceptors (Lipinski definition) is 4. The molecule has 0 bridgehead atoms. The standard InChI is InChI=1S/C14H22N4O3/c1-18-9-11(8-16-18)13(14(20)21)17-12(19)5-4-10-3-2-6-15-7-10/h8-10,13,15H,2-7H2,1H3,(H,17,19)(H,20,21). The molecule has 2 atom stereocenters. The number of hydrogen-bond donors (Lipinski definition) is 3. The fraction of sp³-hybridized carbons (Fsp3) is 0.643. The summed E-state index contributed by atoms with van der Waals surface area (Å²) in [5.41, 5.74) is 0.484. The summed E-state index contributed by atoms with van der Waals surface area (Å²) >= 11 is 0. The lowest BCUT2D eigenvalue weighted by Gasteiger charge is -2.22. The van der Waals surface area contributed by atoms with Crippen LogP contribution < -0.4 is 10.6 Å². The van der Waals surface area contributed by atoms with Crippen LogP contribution in [0, 0.1) is 5.92 Å². The Kier molecular flexibility index (Phi) is 5.32. The zero-order valence-electron chi connectivity index (χ0n) is 12.2. The van der Waals surface area contributed by atoms with E-state index in [1.165, 1.54) is 10.9 Å². The zero-order valence-corrected chi connectivity index (χ0v) is 12.2. The van der Waals surface area contributed by atoms with E-state index in [-0.39, 0.29) is 5.91 Å². The first-order valence-corrected chi connectivity index (χ1v) is 7.27. The lowest BCUT2D eigenvalue weighted by atomic mass is 9.94. The lowest BCUT2D eigenvalue weighted by Crippen LogP contribution is -2.35. The van der Waals surface area contributed by atoms with Gasteiger partial charge >= 0.3 is 5.97 Å². The Morgan fingerprint density at radius 2 is 2.43 bits per heavy atom. The summed E-state index contributed by atoms with van der Waals surface area (Å²) in [7, 11) is 1.71. The normalized spacial score (nSPS) is 20.0. The van der Waals surface area contributed by atoms with E-state index in [0.717, 1.165) is 32.4 Å². The maximum Gasteiger partial charge on any atom is 0.331 e. The highest BCUT2D eigenvalue weighted by Crippen LogP contribution is 2.17. The SMILES string of the molecule is Cn1cc(C(NC(=O)CCC2CCCNC2)C(=O)O)cn1. The number of rotatable bonds is 6. The third-order valence-corrected chi connectivity index (χ3v) is 3.79. The molecule has 7 nitrogen and oxygen atoms in total. The van der Waals surface area contributed by atoms with Crippen molar-refractivity contribution < 1.29 is 14.7 Å². The van der Waals surface area contributed by atoms with E-state index in [4.69, 9.17) is 0 Å². The van der Waals surface area contributed by atoms with E-state index in [1.54, 1.807) is 13.2 Å². The molecule has 1 aliphatic rings. The van der Waals surface area contributed by atoms with E-state index in [9.17, 15) is 14.7 Å². The minimum Gasteiger partial charge on any atom is -0.479 e. The summed E-state index contributed by atoms with van der Waals surface area (Å²) in [6.45, 7) is 1.99. The first kappa shape index (κ1) is 15.5. The van der Waals surface area contributed by atoms with Gasteiger partial charge in [-0.05, 0) is 38.3 Å². The topological polar surface area (TPSA) is 96.2 Å². The fourth-order valence-electron chi connectivity index (χ4n) is 2.62. The second-order valence-corrected chi connectivity index (χ2v) is 5.54. The molecule has 1 saturated heterocycles. The van der Waals surface area contributed by atoms with Gasteiger partial charge in [-0.3, -0.25) is 9.48 Å². The fourth-order valence-corrected chi connectivity index (χ4v) is 2.62. The summed E-state index contributed by atoms with van der Waals surface area (Å²) < 4.78 is 1.52. The Balaban J connectivity index is 1.85. The Labute approximate surface area is 123 Å². The number of nitrogens with one attached hydrogen (secondary N) is 2. The summed E-state index contributed by atoms with van der Waals surface area (Å²) in [6.07, 6.45) is 6.48. The number of carbonyl (C=O) groups is 2. The summed E-state index contributed by atoms with van der Waals surface area (Å²) in [5, 5.41) is 19.1. The van der Waals surface area contributed by atoms with Crippen molar-refractivity contribution in [1.29, 1.82) is 0 Å². The number of aryl methyl sites for hydroxylation is 1. The molecule has 1 aliphatic heterocycles. The van der Waals surface area contributed by atoms with Gasteiger partial charge < -0.3 is 15.7 Å². The highest BCUT2D eigenvalue weighted by atomic mass is 16.4. The van der Waals surface area contributed by atoms with Crippen molar-refractivity contribution in [3.8, 4) is 0 Å². The molecule has 0 saturated carbocycles. The van der Waals surface area contributed by atoms with Gasteiger partial charge in [0, 0.05) is 25.2 Å². The van der Waals surface area contributed by atoms with E-state index < -0.39 is 12.0 Å². The third kappa shape index (κ3) is 4.56. The monoisotopic (exact) mass is 294 g/mol. The Morgan fingerprint density at radius 1 is 1.62 bits per heavy atom. The first-order chi connectivity index (χ1) is 10.1. The number of aromatic nitrogens is 2. The molecule has 2 heterocycles. The highest BCUT2D eigenvalue weighted by molar-refractivity contribution is 5.84. The molecule has 0 aliphatic carbocycles. The zero-order chi connectivity index (χ0) is 15.2. The molecule has 2 unspecified atom stereocenters. The van der Waals surface area contributed by atoms with Gasteiger partial charge in [-0.15, -0.1) is 0 Å². The lowest BCUT2D eigenvalue weighted by molar-refractivity contribution is -0.142. The molecule has 116 valence electrons. The van der Waals surface area contributed by atoms with Crippen molar-refractivity contribution >= 4 is 11.9 Å². The molecular formula is C14H22N4O3. The van der Waals surface area contributed by atoms with E-state index in [0.29, 0.717) is 17.9 Å². The average molecular weight is 294 g/mol. The van der Waals surface area contributed by atoms with Crippen molar-refractivity contribution in [2.45, 2.75) is 31.7 Å². The van der Waals surface area contributed by atoms with Gasteiger partial charge in [0.1, 0.15) is 0 Å². The molecule has 0 radical (unpaired) electrons. The van der Waals surface area contributed by atoms with Gasteiger partial charge in [0.25, 0.3) is 0 Å². The minimum atomic E-state index is -1.07. The van der Waals surface area contributed by atoms with E-state index in [2.05, 4.69) is 15.7 Å². The highest BCUT2D eigenvalue weighted by Gasteiger charge is 2.24. The number of aliphatic carboxylic acids is 1. The molecule has 1 amide bonds. The van der Waals surface area contributed by atoms with Gasteiger partial charge in [0.2, 0.25) is 5.91 Å². The summed E-state index contributed by atoms with van der Waals surface area (Å²) in [6, 6.07) is -1.03. The maximum atomic E-state index is 12.0. The number of piperidine rings is 1. The maximum absolute atomic E-state index is 12.0. The predicted octanol–water partition coefficient (Wildman–Crippen LogP) is 0.442. The average Bonchev–Trinajstić information content (AvgIpc) is 2.89. The minimum absolute atomic E-state index is 0.225. The number of amides is 1. The van der Waals surface area contributed by atoms with Crippen LogP contribution in [0.1, 0.15) is 37.3 Å². The largest absolute Gasteiger partial charge is 0.479 e. The Morgan fingerprint density at radius 3 is 3.00 bits per heavy atom. The van der Waals surface area contributed by atoms with Crippen molar-refractivity contribution in [2.75, 3.05) is 13.1 Å². The molecule has 1 fully saturated rings. The van der Waals surface area contributed by atoms with Crippen LogP contribution in [0.5, 0.6) is 0 Å². The number of carboxylic acid groups (broad SMARTS) is 1. The Hall–Kier alpha value is -1.89. The number of carboxylic acids is 1. The molecule has 0 aromatic carbocycles. The molecule has 0 spiro atoms. The van der Waals surface area contributed by atoms with Gasteiger partial charge in [0.05, 0.1) is 6.20 Å². The molecule has 1 aromatic heterocycles. The molecular weight excluding hydrogens is 272 g/mol. The van der Waals surface area contributed by atoms with Crippen LogP contribution in [0.3, 0.4) is 0 Å². The second-order valence-electron chi connectivity index (χ2n) is 5.54. The van der Waals surface area contributed by atoms with Crippen LogP contribution in [0.4, 0.5) is 0 Å².